The van der Waals surface area contributed by atoms with Crippen LogP contribution >= 0.6 is 0 Å². The molecule has 1 fully saturated rings. The monoisotopic (exact) mass is 374 g/mol. The second kappa shape index (κ2) is 9.33. The molecule has 1 saturated heterocycles. The molecule has 0 atom stereocenters. The summed E-state index contributed by atoms with van der Waals surface area (Å²) in [5, 5.41) is 3.62. The molecule has 144 valence electrons. The van der Waals surface area contributed by atoms with Crippen LogP contribution in [0.5, 0.6) is 5.75 Å². The lowest BCUT2D eigenvalue weighted by molar-refractivity contribution is 0.296. The number of nitrogens with one attached hydrogen (secondary N) is 1. The van der Waals surface area contributed by atoms with Gasteiger partial charge in [0.2, 0.25) is 0 Å². The molecule has 0 amide bonds. The molecule has 4 rings (SSSR count). The predicted molar refractivity (Wildman–Crippen MR) is 113 cm³/mol. The van der Waals surface area contributed by atoms with E-state index in [9.17, 15) is 0 Å². The van der Waals surface area contributed by atoms with E-state index in [0.717, 1.165) is 55.4 Å². The first-order chi connectivity index (χ1) is 13.9. The first-order valence-corrected chi connectivity index (χ1v) is 9.93. The summed E-state index contributed by atoms with van der Waals surface area (Å²) in [6.45, 7) is 3.56. The first-order valence-electron chi connectivity index (χ1n) is 9.93. The highest BCUT2D eigenvalue weighted by Gasteiger charge is 2.20. The lowest BCUT2D eigenvalue weighted by Gasteiger charge is -2.33. The molecule has 1 aromatic heterocycles. The molecule has 0 aliphatic carbocycles. The Kier molecular flexibility index (Phi) is 6.15. The van der Waals surface area contributed by atoms with Crippen LogP contribution in [0.1, 0.15) is 12.8 Å². The minimum atomic E-state index is 0.533. The molecule has 0 saturated carbocycles. The van der Waals surface area contributed by atoms with Gasteiger partial charge in [0, 0.05) is 37.4 Å². The fraction of sp³-hybridized carbons (Fsp3) is 0.304. The molecule has 0 spiro atoms. The van der Waals surface area contributed by atoms with E-state index in [0.29, 0.717) is 12.6 Å². The summed E-state index contributed by atoms with van der Waals surface area (Å²) < 4.78 is 5.75. The van der Waals surface area contributed by atoms with Crippen molar-refractivity contribution in [1.29, 1.82) is 0 Å². The number of hydrogen-bond donors (Lipinski definition) is 1. The Morgan fingerprint density at radius 3 is 2.39 bits per heavy atom. The Balaban J connectivity index is 1.24. The average molecular weight is 374 g/mol. The number of hydrogen-bond acceptors (Lipinski definition) is 5. The van der Waals surface area contributed by atoms with Crippen LogP contribution in [-0.4, -0.2) is 42.3 Å². The van der Waals surface area contributed by atoms with Crippen LogP contribution in [0.4, 0.5) is 5.82 Å². The molecule has 1 aliphatic heterocycles. The van der Waals surface area contributed by atoms with Crippen molar-refractivity contribution in [2.75, 3.05) is 31.1 Å². The molecular weight excluding hydrogens is 348 g/mol. The summed E-state index contributed by atoms with van der Waals surface area (Å²) in [5.41, 5.74) is 1.05. The lowest BCUT2D eigenvalue weighted by Crippen LogP contribution is -2.43. The van der Waals surface area contributed by atoms with Crippen LogP contribution in [0, 0.1) is 0 Å². The highest BCUT2D eigenvalue weighted by molar-refractivity contribution is 5.57. The van der Waals surface area contributed by atoms with E-state index in [1.807, 2.05) is 72.9 Å². The molecule has 2 heterocycles. The molecular formula is C23H26N4O. The minimum Gasteiger partial charge on any atom is -0.492 e. The second-order valence-electron chi connectivity index (χ2n) is 6.98. The number of para-hydroxylation sites is 1. The van der Waals surface area contributed by atoms with E-state index >= 15 is 0 Å². The number of ether oxygens (including phenoxy) is 1. The van der Waals surface area contributed by atoms with Crippen molar-refractivity contribution in [3.8, 4) is 17.1 Å². The molecule has 1 N–H and O–H groups in total. The summed E-state index contributed by atoms with van der Waals surface area (Å²) in [4.78, 5) is 11.6. The molecule has 5 nitrogen and oxygen atoms in total. The van der Waals surface area contributed by atoms with Crippen molar-refractivity contribution in [3.05, 3.63) is 72.9 Å². The Labute approximate surface area is 166 Å². The SMILES string of the molecule is c1ccc(OCCNC2CCN(c3ccnc(-c4ccccc4)n3)CC2)cc1. The van der Waals surface area contributed by atoms with E-state index < -0.39 is 0 Å². The Bertz CT molecular complexity index is 849. The molecule has 5 heteroatoms. The quantitative estimate of drug-likeness (QED) is 0.638. The fourth-order valence-electron chi connectivity index (χ4n) is 3.51. The fourth-order valence-corrected chi connectivity index (χ4v) is 3.51. The van der Waals surface area contributed by atoms with Gasteiger partial charge in [-0.25, -0.2) is 9.97 Å². The van der Waals surface area contributed by atoms with Gasteiger partial charge in [-0.3, -0.25) is 0 Å². The van der Waals surface area contributed by atoms with Crippen molar-refractivity contribution in [2.45, 2.75) is 18.9 Å². The minimum absolute atomic E-state index is 0.533. The highest BCUT2D eigenvalue weighted by Crippen LogP contribution is 2.21. The zero-order valence-corrected chi connectivity index (χ0v) is 16.0. The van der Waals surface area contributed by atoms with Crippen LogP contribution in [0.2, 0.25) is 0 Å². The maximum Gasteiger partial charge on any atom is 0.161 e. The first kappa shape index (κ1) is 18.4. The van der Waals surface area contributed by atoms with Gasteiger partial charge >= 0.3 is 0 Å². The summed E-state index contributed by atoms with van der Waals surface area (Å²) in [6, 6.07) is 22.7. The number of aromatic nitrogens is 2. The van der Waals surface area contributed by atoms with Crippen molar-refractivity contribution in [2.24, 2.45) is 0 Å². The highest BCUT2D eigenvalue weighted by atomic mass is 16.5. The normalized spacial score (nSPS) is 14.8. The van der Waals surface area contributed by atoms with Crippen LogP contribution in [0.25, 0.3) is 11.4 Å². The van der Waals surface area contributed by atoms with E-state index in [1.165, 1.54) is 0 Å². The van der Waals surface area contributed by atoms with Crippen LogP contribution < -0.4 is 15.0 Å². The van der Waals surface area contributed by atoms with Crippen molar-refractivity contribution >= 4 is 5.82 Å². The van der Waals surface area contributed by atoms with Gasteiger partial charge in [-0.05, 0) is 31.0 Å². The number of piperidine rings is 1. The molecule has 1 aliphatic rings. The molecule has 3 aromatic rings. The second-order valence-corrected chi connectivity index (χ2v) is 6.98. The van der Waals surface area contributed by atoms with E-state index in [2.05, 4.69) is 15.2 Å². The van der Waals surface area contributed by atoms with E-state index in [4.69, 9.17) is 9.72 Å². The largest absolute Gasteiger partial charge is 0.492 e. The van der Waals surface area contributed by atoms with E-state index in [1.54, 1.807) is 0 Å². The summed E-state index contributed by atoms with van der Waals surface area (Å²) in [6.07, 6.45) is 4.07. The van der Waals surface area contributed by atoms with Gasteiger partial charge in [-0.1, -0.05) is 48.5 Å². The van der Waals surface area contributed by atoms with Crippen LogP contribution in [0.3, 0.4) is 0 Å². The molecule has 0 unspecified atom stereocenters. The third kappa shape index (κ3) is 4.87. The number of nitrogens with zero attached hydrogens (tertiary/aromatic N) is 3. The van der Waals surface area contributed by atoms with Crippen LogP contribution in [-0.2, 0) is 0 Å². The molecule has 2 aromatic carbocycles. The number of anilines is 1. The van der Waals surface area contributed by atoms with Crippen molar-refractivity contribution < 1.29 is 4.74 Å². The van der Waals surface area contributed by atoms with Gasteiger partial charge in [0.15, 0.2) is 5.82 Å². The maximum atomic E-state index is 5.75. The Morgan fingerprint density at radius 1 is 0.929 bits per heavy atom. The smallest absolute Gasteiger partial charge is 0.161 e. The van der Waals surface area contributed by atoms with Crippen molar-refractivity contribution in [3.63, 3.8) is 0 Å². The van der Waals surface area contributed by atoms with Gasteiger partial charge in [-0.2, -0.15) is 0 Å². The van der Waals surface area contributed by atoms with Gasteiger partial charge < -0.3 is 15.0 Å². The number of rotatable bonds is 7. The molecule has 0 radical (unpaired) electrons. The Morgan fingerprint density at radius 2 is 1.64 bits per heavy atom. The summed E-state index contributed by atoms with van der Waals surface area (Å²) in [5.74, 6) is 2.73. The standard InChI is InChI=1S/C23H26N4O/c1-3-7-19(8-4-1)23-25-14-11-22(26-23)27-16-12-20(13-17-27)24-15-18-28-21-9-5-2-6-10-21/h1-11,14,20,24H,12-13,15-18H2. The molecule has 0 bridgehead atoms. The lowest BCUT2D eigenvalue weighted by atomic mass is 10.1. The van der Waals surface area contributed by atoms with E-state index in [-0.39, 0.29) is 0 Å². The van der Waals surface area contributed by atoms with Gasteiger partial charge in [0.25, 0.3) is 0 Å². The maximum absolute atomic E-state index is 5.75. The third-order valence-corrected chi connectivity index (χ3v) is 5.04. The zero-order valence-electron chi connectivity index (χ0n) is 16.0. The van der Waals surface area contributed by atoms with Gasteiger partial charge in [0.05, 0.1) is 0 Å². The number of benzene rings is 2. The molecule has 28 heavy (non-hydrogen) atoms. The summed E-state index contributed by atoms with van der Waals surface area (Å²) >= 11 is 0. The zero-order chi connectivity index (χ0) is 19.0. The summed E-state index contributed by atoms with van der Waals surface area (Å²) in [7, 11) is 0. The van der Waals surface area contributed by atoms with Crippen molar-refractivity contribution in [1.82, 2.24) is 15.3 Å². The average Bonchev–Trinajstić information content (AvgIpc) is 2.79. The van der Waals surface area contributed by atoms with Gasteiger partial charge in [0.1, 0.15) is 18.2 Å². The topological polar surface area (TPSA) is 50.3 Å². The Hall–Kier alpha value is -2.92. The van der Waals surface area contributed by atoms with Gasteiger partial charge in [-0.15, -0.1) is 0 Å². The van der Waals surface area contributed by atoms with Crippen LogP contribution in [0.15, 0.2) is 72.9 Å². The predicted octanol–water partition coefficient (Wildman–Crippen LogP) is 3.78. The third-order valence-electron chi connectivity index (χ3n) is 5.04.